The average molecular weight is 337 g/mol. The summed E-state index contributed by atoms with van der Waals surface area (Å²) in [5.74, 6) is -2.20. The first-order chi connectivity index (χ1) is 10.3. The predicted octanol–water partition coefficient (Wildman–Crippen LogP) is -0.0260. The molecule has 0 aromatic rings. The summed E-state index contributed by atoms with van der Waals surface area (Å²) in [5, 5.41) is 10.5. The number of thioether (sulfide) groups is 1. The van der Waals surface area contributed by atoms with E-state index in [2.05, 4.69) is 5.32 Å². The van der Waals surface area contributed by atoms with Gasteiger partial charge in [-0.15, -0.1) is 11.8 Å². The molecule has 0 spiro atoms. The molecule has 1 amide bonds. The van der Waals surface area contributed by atoms with Gasteiger partial charge in [-0.05, 0) is 26.4 Å². The Hall–Kier alpha value is -0.930. The fourth-order valence-electron chi connectivity index (χ4n) is 3.04. The molecule has 0 aliphatic carbocycles. The number of piperidine rings is 1. The van der Waals surface area contributed by atoms with Gasteiger partial charge in [0.05, 0.1) is 5.25 Å². The van der Waals surface area contributed by atoms with E-state index in [1.165, 1.54) is 11.8 Å². The third-order valence-corrected chi connectivity index (χ3v) is 6.10. The van der Waals surface area contributed by atoms with Gasteiger partial charge in [0.25, 0.3) is 0 Å². The Morgan fingerprint density at radius 1 is 1.50 bits per heavy atom. The lowest BCUT2D eigenvalue weighted by molar-refractivity contribution is -0.138. The monoisotopic (exact) mass is 337 g/mol. The highest BCUT2D eigenvalue weighted by Gasteiger charge is 2.49. The number of nitrogens with one attached hydrogen (secondary N) is 1. The van der Waals surface area contributed by atoms with Crippen molar-refractivity contribution in [2.24, 2.45) is 11.7 Å². The van der Waals surface area contributed by atoms with E-state index in [-0.39, 0.29) is 23.7 Å². The minimum Gasteiger partial charge on any atom is -0.480 e. The second-order valence-corrected chi connectivity index (χ2v) is 7.24. The molecule has 0 aromatic carbocycles. The summed E-state index contributed by atoms with van der Waals surface area (Å²) >= 11 is 1.28. The Bertz CT molecular complexity index is 441. The van der Waals surface area contributed by atoms with Crippen LogP contribution in [-0.4, -0.2) is 71.0 Å². The maximum atomic E-state index is 13.1. The molecule has 0 radical (unpaired) electrons. The SMILES string of the molecule is CN1CCC(C(F)F)C2SC(C(=O)NC[C@@H](N)C(=O)O)CC21. The van der Waals surface area contributed by atoms with Gasteiger partial charge in [0, 0.05) is 23.8 Å². The zero-order valence-electron chi connectivity index (χ0n) is 12.2. The molecule has 4 N–H and O–H groups in total. The number of nitrogens with two attached hydrogens (primary N) is 1. The third kappa shape index (κ3) is 3.69. The molecule has 0 saturated carbocycles. The first-order valence-corrected chi connectivity index (χ1v) is 8.15. The van der Waals surface area contributed by atoms with E-state index in [1.54, 1.807) is 0 Å². The highest BCUT2D eigenvalue weighted by molar-refractivity contribution is 8.01. The van der Waals surface area contributed by atoms with Crippen molar-refractivity contribution in [3.05, 3.63) is 0 Å². The first kappa shape index (κ1) is 17.4. The van der Waals surface area contributed by atoms with E-state index in [4.69, 9.17) is 10.8 Å². The van der Waals surface area contributed by atoms with Gasteiger partial charge in [0.15, 0.2) is 0 Å². The lowest BCUT2D eigenvalue weighted by Gasteiger charge is -2.39. The van der Waals surface area contributed by atoms with E-state index < -0.39 is 29.6 Å². The summed E-state index contributed by atoms with van der Waals surface area (Å²) in [6.07, 6.45) is -1.44. The van der Waals surface area contributed by atoms with Gasteiger partial charge in [-0.25, -0.2) is 8.78 Å². The highest BCUT2D eigenvalue weighted by atomic mass is 32.2. The van der Waals surface area contributed by atoms with Crippen LogP contribution in [0.3, 0.4) is 0 Å². The molecule has 126 valence electrons. The van der Waals surface area contributed by atoms with Gasteiger partial charge in [0.2, 0.25) is 12.3 Å². The van der Waals surface area contributed by atoms with Crippen LogP contribution in [0.5, 0.6) is 0 Å². The van der Waals surface area contributed by atoms with Crippen molar-refractivity contribution in [2.75, 3.05) is 20.1 Å². The standard InChI is InChI=1S/C13H21F2N3O3S/c1-18-3-2-6(11(14)15)10-8(18)4-9(22-10)12(19)17-5-7(16)13(20)21/h6-11H,2-5,16H2,1H3,(H,17,19)(H,20,21)/t6?,7-,8?,9?,10?/m1/s1. The number of carbonyl (C=O) groups is 2. The lowest BCUT2D eigenvalue weighted by Crippen LogP contribution is -2.48. The van der Waals surface area contributed by atoms with Crippen molar-refractivity contribution < 1.29 is 23.5 Å². The summed E-state index contributed by atoms with van der Waals surface area (Å²) in [5.41, 5.74) is 5.34. The molecule has 2 saturated heterocycles. The fraction of sp³-hybridized carbons (Fsp3) is 0.846. The zero-order valence-corrected chi connectivity index (χ0v) is 13.1. The van der Waals surface area contributed by atoms with Gasteiger partial charge in [-0.3, -0.25) is 9.59 Å². The molecule has 2 aliphatic heterocycles. The number of carboxylic acid groups (broad SMARTS) is 1. The van der Waals surface area contributed by atoms with Crippen molar-refractivity contribution in [1.82, 2.24) is 10.2 Å². The number of alkyl halides is 2. The van der Waals surface area contributed by atoms with Gasteiger partial charge in [-0.2, -0.15) is 0 Å². The Morgan fingerprint density at radius 3 is 2.77 bits per heavy atom. The van der Waals surface area contributed by atoms with Crippen molar-refractivity contribution in [3.8, 4) is 0 Å². The van der Waals surface area contributed by atoms with E-state index >= 15 is 0 Å². The number of nitrogens with zero attached hydrogens (tertiary/aromatic N) is 1. The maximum Gasteiger partial charge on any atom is 0.322 e. The van der Waals surface area contributed by atoms with Gasteiger partial charge >= 0.3 is 5.97 Å². The van der Waals surface area contributed by atoms with Crippen molar-refractivity contribution in [1.29, 1.82) is 0 Å². The average Bonchev–Trinajstić information content (AvgIpc) is 2.90. The number of carbonyl (C=O) groups excluding carboxylic acids is 1. The molecule has 6 nitrogen and oxygen atoms in total. The number of carboxylic acids is 1. The first-order valence-electron chi connectivity index (χ1n) is 7.21. The molecule has 0 bridgehead atoms. The van der Waals surface area contributed by atoms with Crippen LogP contribution in [-0.2, 0) is 9.59 Å². The number of hydrogen-bond acceptors (Lipinski definition) is 5. The van der Waals surface area contributed by atoms with Crippen LogP contribution >= 0.6 is 11.8 Å². The number of hydrogen-bond donors (Lipinski definition) is 3. The number of halogens is 2. The molecule has 0 aromatic heterocycles. The van der Waals surface area contributed by atoms with E-state index in [9.17, 15) is 18.4 Å². The molecule has 9 heteroatoms. The number of aliphatic carboxylic acids is 1. The largest absolute Gasteiger partial charge is 0.480 e. The molecule has 2 fully saturated rings. The van der Waals surface area contributed by atoms with Crippen molar-refractivity contribution in [3.63, 3.8) is 0 Å². The molecule has 2 aliphatic rings. The lowest BCUT2D eigenvalue weighted by atomic mass is 9.89. The Labute approximate surface area is 131 Å². The Kier molecular flexibility index (Phi) is 5.62. The molecule has 2 rings (SSSR count). The topological polar surface area (TPSA) is 95.7 Å². The molecular weight excluding hydrogens is 316 g/mol. The number of rotatable bonds is 5. The van der Waals surface area contributed by atoms with E-state index in [0.717, 1.165) is 0 Å². The van der Waals surface area contributed by atoms with Crippen LogP contribution in [0.2, 0.25) is 0 Å². The van der Waals surface area contributed by atoms with Crippen molar-refractivity contribution >= 4 is 23.6 Å². The van der Waals surface area contributed by atoms with Crippen molar-refractivity contribution in [2.45, 2.75) is 41.9 Å². The molecular formula is C13H21F2N3O3S. The number of likely N-dealkylation sites (tertiary alicyclic amines) is 1. The normalized spacial score (nSPS) is 33.5. The quantitative estimate of drug-likeness (QED) is 0.652. The van der Waals surface area contributed by atoms with Crippen LogP contribution in [0.1, 0.15) is 12.8 Å². The predicted molar refractivity (Wildman–Crippen MR) is 78.9 cm³/mol. The van der Waals surface area contributed by atoms with Gasteiger partial charge in [0.1, 0.15) is 6.04 Å². The van der Waals surface area contributed by atoms with Crippen LogP contribution in [0.4, 0.5) is 8.78 Å². The van der Waals surface area contributed by atoms with Crippen LogP contribution in [0.15, 0.2) is 0 Å². The second kappa shape index (κ2) is 7.10. The third-order valence-electron chi connectivity index (χ3n) is 4.39. The summed E-state index contributed by atoms with van der Waals surface area (Å²) in [7, 11) is 1.89. The van der Waals surface area contributed by atoms with E-state index in [1.807, 2.05) is 11.9 Å². The molecule has 2 heterocycles. The summed E-state index contributed by atoms with van der Waals surface area (Å²) in [4.78, 5) is 24.8. The Morgan fingerprint density at radius 2 is 2.18 bits per heavy atom. The molecule has 22 heavy (non-hydrogen) atoms. The summed E-state index contributed by atoms with van der Waals surface area (Å²) < 4.78 is 26.3. The fourth-order valence-corrected chi connectivity index (χ4v) is 4.89. The number of fused-ring (bicyclic) bond motifs is 1. The maximum absolute atomic E-state index is 13.1. The van der Waals surface area contributed by atoms with Crippen LogP contribution < -0.4 is 11.1 Å². The Balaban J connectivity index is 1.94. The molecule has 5 atom stereocenters. The summed E-state index contributed by atoms with van der Waals surface area (Å²) in [6.45, 7) is 0.448. The van der Waals surface area contributed by atoms with Gasteiger partial charge in [-0.1, -0.05) is 0 Å². The van der Waals surface area contributed by atoms with Crippen LogP contribution in [0, 0.1) is 5.92 Å². The summed E-state index contributed by atoms with van der Waals surface area (Å²) in [6, 6.07) is -1.20. The highest BCUT2D eigenvalue weighted by Crippen LogP contribution is 2.45. The second-order valence-electron chi connectivity index (χ2n) is 5.85. The van der Waals surface area contributed by atoms with Crippen LogP contribution in [0.25, 0.3) is 0 Å². The smallest absolute Gasteiger partial charge is 0.322 e. The number of amides is 1. The molecule has 4 unspecified atom stereocenters. The minimum atomic E-state index is -2.38. The zero-order chi connectivity index (χ0) is 16.4. The van der Waals surface area contributed by atoms with E-state index in [0.29, 0.717) is 19.4 Å². The van der Waals surface area contributed by atoms with Gasteiger partial charge < -0.3 is 21.1 Å². The minimum absolute atomic E-state index is 0.0401.